The number of alkyl halides is 3. The number of aryl methyl sites for hydroxylation is 1. The van der Waals surface area contributed by atoms with Gasteiger partial charge in [0.1, 0.15) is 5.82 Å². The van der Waals surface area contributed by atoms with E-state index >= 15 is 0 Å². The minimum atomic E-state index is -4.34. The molecule has 1 fully saturated rings. The first-order chi connectivity index (χ1) is 11.4. The number of hydrogen-bond acceptors (Lipinski definition) is 3. The third-order valence-electron chi connectivity index (χ3n) is 4.43. The van der Waals surface area contributed by atoms with Crippen molar-refractivity contribution < 1.29 is 13.2 Å². The number of rotatable bonds is 3. The lowest BCUT2D eigenvalue weighted by atomic mass is 10.1. The number of pyridine rings is 1. The molecule has 2 heterocycles. The summed E-state index contributed by atoms with van der Waals surface area (Å²) in [5.74, 6) is 0.610. The number of aromatic nitrogens is 1. The van der Waals surface area contributed by atoms with E-state index in [1.807, 2.05) is 17.0 Å². The van der Waals surface area contributed by atoms with Gasteiger partial charge in [0.15, 0.2) is 0 Å². The van der Waals surface area contributed by atoms with Gasteiger partial charge in [-0.3, -0.25) is 4.90 Å². The van der Waals surface area contributed by atoms with E-state index in [0.717, 1.165) is 45.0 Å². The van der Waals surface area contributed by atoms with Crippen LogP contribution in [-0.2, 0) is 12.7 Å². The van der Waals surface area contributed by atoms with Crippen LogP contribution in [0.5, 0.6) is 0 Å². The van der Waals surface area contributed by atoms with Gasteiger partial charge >= 0.3 is 6.18 Å². The molecule has 3 nitrogen and oxygen atoms in total. The van der Waals surface area contributed by atoms with Crippen LogP contribution in [0.4, 0.5) is 19.0 Å². The third-order valence-corrected chi connectivity index (χ3v) is 4.43. The van der Waals surface area contributed by atoms with Crippen LogP contribution in [-0.4, -0.2) is 36.1 Å². The Balaban J connectivity index is 1.58. The fraction of sp³-hybridized carbons (Fsp3) is 0.389. The summed E-state index contributed by atoms with van der Waals surface area (Å²) in [5, 5.41) is 0. The minimum absolute atomic E-state index is 0.610. The largest absolute Gasteiger partial charge is 0.417 e. The summed E-state index contributed by atoms with van der Waals surface area (Å²) in [7, 11) is 0. The van der Waals surface area contributed by atoms with Gasteiger partial charge in [0, 0.05) is 38.9 Å². The first-order valence-electron chi connectivity index (χ1n) is 7.98. The Morgan fingerprint density at radius 2 is 1.71 bits per heavy atom. The molecule has 1 aromatic carbocycles. The molecule has 0 N–H and O–H groups in total. The Kier molecular flexibility index (Phi) is 4.76. The van der Waals surface area contributed by atoms with Gasteiger partial charge in [-0.15, -0.1) is 0 Å². The molecule has 0 bridgehead atoms. The smallest absolute Gasteiger partial charge is 0.354 e. The molecule has 6 heteroatoms. The second kappa shape index (κ2) is 6.81. The van der Waals surface area contributed by atoms with Gasteiger partial charge in [0.25, 0.3) is 0 Å². The van der Waals surface area contributed by atoms with E-state index in [1.165, 1.54) is 17.2 Å². The van der Waals surface area contributed by atoms with E-state index in [4.69, 9.17) is 0 Å². The molecule has 0 saturated carbocycles. The molecule has 2 aromatic rings. The first-order valence-corrected chi connectivity index (χ1v) is 7.98. The van der Waals surface area contributed by atoms with Crippen LogP contribution in [0.15, 0.2) is 42.6 Å². The highest BCUT2D eigenvalue weighted by molar-refractivity contribution is 5.40. The van der Waals surface area contributed by atoms with Crippen molar-refractivity contribution in [2.24, 2.45) is 0 Å². The van der Waals surface area contributed by atoms with Gasteiger partial charge in [-0.2, -0.15) is 13.2 Å². The number of piperazine rings is 1. The van der Waals surface area contributed by atoms with Crippen molar-refractivity contribution in [3.05, 3.63) is 59.3 Å². The molecule has 0 atom stereocenters. The lowest BCUT2D eigenvalue weighted by molar-refractivity contribution is -0.137. The molecule has 0 aliphatic carbocycles. The Morgan fingerprint density at radius 3 is 2.29 bits per heavy atom. The topological polar surface area (TPSA) is 19.4 Å². The van der Waals surface area contributed by atoms with E-state index in [2.05, 4.69) is 28.9 Å². The predicted molar refractivity (Wildman–Crippen MR) is 87.9 cm³/mol. The molecule has 0 unspecified atom stereocenters. The molecule has 128 valence electrons. The first kappa shape index (κ1) is 16.8. The van der Waals surface area contributed by atoms with Crippen molar-refractivity contribution in [2.75, 3.05) is 31.1 Å². The summed E-state index contributed by atoms with van der Waals surface area (Å²) >= 11 is 0. The molecule has 1 aliphatic heterocycles. The molecule has 0 spiro atoms. The van der Waals surface area contributed by atoms with Crippen molar-refractivity contribution in [1.29, 1.82) is 0 Å². The Morgan fingerprint density at radius 1 is 1.00 bits per heavy atom. The van der Waals surface area contributed by atoms with Gasteiger partial charge in [-0.25, -0.2) is 4.98 Å². The van der Waals surface area contributed by atoms with Gasteiger partial charge in [-0.1, -0.05) is 24.3 Å². The average molecular weight is 335 g/mol. The maximum absolute atomic E-state index is 12.6. The van der Waals surface area contributed by atoms with Crippen molar-refractivity contribution in [1.82, 2.24) is 9.88 Å². The zero-order valence-corrected chi connectivity index (χ0v) is 13.6. The summed E-state index contributed by atoms with van der Waals surface area (Å²) in [6, 6.07) is 10.9. The zero-order chi connectivity index (χ0) is 17.2. The van der Waals surface area contributed by atoms with E-state index in [-0.39, 0.29) is 0 Å². The van der Waals surface area contributed by atoms with Crippen molar-refractivity contribution in [3.8, 4) is 0 Å². The van der Waals surface area contributed by atoms with Crippen molar-refractivity contribution in [3.63, 3.8) is 0 Å². The summed E-state index contributed by atoms with van der Waals surface area (Å²) in [5.41, 5.74) is 1.90. The molecule has 0 radical (unpaired) electrons. The molecular formula is C18H20F3N3. The number of benzene rings is 1. The highest BCUT2D eigenvalue weighted by atomic mass is 19.4. The highest BCUT2D eigenvalue weighted by Crippen LogP contribution is 2.29. The van der Waals surface area contributed by atoms with E-state index < -0.39 is 11.7 Å². The highest BCUT2D eigenvalue weighted by Gasteiger charge is 2.31. The van der Waals surface area contributed by atoms with Crippen LogP contribution in [0.3, 0.4) is 0 Å². The number of anilines is 1. The zero-order valence-electron chi connectivity index (χ0n) is 13.6. The number of halogens is 3. The summed E-state index contributed by atoms with van der Waals surface area (Å²) in [6.07, 6.45) is -3.42. The summed E-state index contributed by atoms with van der Waals surface area (Å²) in [6.45, 7) is 6.29. The quantitative estimate of drug-likeness (QED) is 0.852. The fourth-order valence-corrected chi connectivity index (χ4v) is 2.90. The molecule has 1 aromatic heterocycles. The van der Waals surface area contributed by atoms with Gasteiger partial charge < -0.3 is 4.90 Å². The van der Waals surface area contributed by atoms with Gasteiger partial charge in [-0.05, 0) is 30.2 Å². The van der Waals surface area contributed by atoms with E-state index in [1.54, 1.807) is 0 Å². The van der Waals surface area contributed by atoms with E-state index in [0.29, 0.717) is 5.82 Å². The van der Waals surface area contributed by atoms with Crippen LogP contribution in [0.2, 0.25) is 0 Å². The molecule has 1 saturated heterocycles. The maximum atomic E-state index is 12.6. The molecule has 1 aliphatic rings. The lowest BCUT2D eigenvalue weighted by Gasteiger charge is -2.35. The van der Waals surface area contributed by atoms with Crippen molar-refractivity contribution >= 4 is 5.82 Å². The summed E-state index contributed by atoms with van der Waals surface area (Å²) < 4.78 is 37.8. The van der Waals surface area contributed by atoms with Crippen LogP contribution < -0.4 is 4.90 Å². The Labute approximate surface area is 139 Å². The normalized spacial score (nSPS) is 16.4. The fourth-order valence-electron chi connectivity index (χ4n) is 2.90. The van der Waals surface area contributed by atoms with Gasteiger partial charge in [0.05, 0.1) is 5.56 Å². The second-order valence-electron chi connectivity index (χ2n) is 6.09. The summed E-state index contributed by atoms with van der Waals surface area (Å²) in [4.78, 5) is 8.38. The number of hydrogen-bond donors (Lipinski definition) is 0. The maximum Gasteiger partial charge on any atom is 0.417 e. The van der Waals surface area contributed by atoms with Crippen LogP contribution >= 0.6 is 0 Å². The molecular weight excluding hydrogens is 315 g/mol. The molecule has 0 amide bonds. The Hall–Kier alpha value is -2.08. The average Bonchev–Trinajstić information content (AvgIpc) is 2.57. The standard InChI is InChI=1S/C18H20F3N3/c1-14-4-2-3-5-15(14)13-23-8-10-24(11-9-23)17-7-6-16(12-22-17)18(19,20)21/h2-7,12H,8-11,13H2,1H3. The lowest BCUT2D eigenvalue weighted by Crippen LogP contribution is -2.46. The van der Waals surface area contributed by atoms with Crippen molar-refractivity contribution in [2.45, 2.75) is 19.6 Å². The monoisotopic (exact) mass is 335 g/mol. The van der Waals surface area contributed by atoms with Crippen LogP contribution in [0, 0.1) is 6.92 Å². The minimum Gasteiger partial charge on any atom is -0.354 e. The third kappa shape index (κ3) is 3.87. The number of nitrogens with zero attached hydrogens (tertiary/aromatic N) is 3. The predicted octanol–water partition coefficient (Wildman–Crippen LogP) is 3.73. The van der Waals surface area contributed by atoms with Gasteiger partial charge in [0.2, 0.25) is 0 Å². The second-order valence-corrected chi connectivity index (χ2v) is 6.09. The van der Waals surface area contributed by atoms with E-state index in [9.17, 15) is 13.2 Å². The molecule has 24 heavy (non-hydrogen) atoms. The Bertz CT molecular complexity index is 675. The molecule has 3 rings (SSSR count). The van der Waals surface area contributed by atoms with Crippen LogP contribution in [0.25, 0.3) is 0 Å². The SMILES string of the molecule is Cc1ccccc1CN1CCN(c2ccc(C(F)(F)F)cn2)CC1. The van der Waals surface area contributed by atoms with Crippen LogP contribution in [0.1, 0.15) is 16.7 Å².